The van der Waals surface area contributed by atoms with Crippen molar-refractivity contribution in [2.75, 3.05) is 0 Å². The van der Waals surface area contributed by atoms with Crippen molar-refractivity contribution in [2.24, 2.45) is 0 Å². The molecule has 8 aromatic carbocycles. The Morgan fingerprint density at radius 3 is 1.72 bits per heavy atom. The number of aryl methyl sites for hydroxylation is 2. The second-order valence-corrected chi connectivity index (χ2v) is 13.1. The molecule has 0 spiro atoms. The zero-order valence-corrected chi connectivity index (χ0v) is 26.1. The molecule has 1 aliphatic carbocycles. The fourth-order valence-corrected chi connectivity index (χ4v) is 8.17. The summed E-state index contributed by atoms with van der Waals surface area (Å²) in [7, 11) is 0. The predicted octanol–water partition coefficient (Wildman–Crippen LogP) is 12.9. The summed E-state index contributed by atoms with van der Waals surface area (Å²) >= 11 is 0. The standard InChI is InChI=1S/C46H32O/c1-2-11-33-27-34(22-19-29(33)9-1)30-17-20-32(21-18-30)44-37-13-5-7-15-39(37)45(40-16-8-6-14-38(40)44)35-24-26-43-42(28-35)41-25-23-31-10-3-4-12-36(31)46(41)47-43/h1-2,5-9,11,13-28H,3-4,10,12H2. The van der Waals surface area contributed by atoms with E-state index in [0.29, 0.717) is 0 Å². The summed E-state index contributed by atoms with van der Waals surface area (Å²) in [6, 6.07) is 53.7. The van der Waals surface area contributed by atoms with Gasteiger partial charge in [0.2, 0.25) is 0 Å². The van der Waals surface area contributed by atoms with Gasteiger partial charge in [0.05, 0.1) is 0 Å². The molecule has 0 radical (unpaired) electrons. The molecule has 0 atom stereocenters. The lowest BCUT2D eigenvalue weighted by atomic mass is 9.85. The molecular weight excluding hydrogens is 569 g/mol. The van der Waals surface area contributed by atoms with Crippen molar-refractivity contribution in [3.63, 3.8) is 0 Å². The third-order valence-corrected chi connectivity index (χ3v) is 10.4. The Morgan fingerprint density at radius 1 is 0.383 bits per heavy atom. The van der Waals surface area contributed by atoms with Crippen LogP contribution in [-0.4, -0.2) is 0 Å². The molecule has 1 nitrogen and oxygen atoms in total. The third kappa shape index (κ3) is 4.16. The van der Waals surface area contributed by atoms with Gasteiger partial charge in [0.15, 0.2) is 0 Å². The number of hydrogen-bond acceptors (Lipinski definition) is 1. The Hall–Kier alpha value is -5.66. The van der Waals surface area contributed by atoms with E-state index in [2.05, 4.69) is 146 Å². The van der Waals surface area contributed by atoms with Crippen LogP contribution in [0.25, 0.3) is 87.6 Å². The van der Waals surface area contributed by atoms with Crippen LogP contribution in [0.2, 0.25) is 0 Å². The molecule has 0 bridgehead atoms. The number of rotatable bonds is 3. The van der Waals surface area contributed by atoms with E-state index >= 15 is 0 Å². The highest BCUT2D eigenvalue weighted by Crippen LogP contribution is 2.45. The topological polar surface area (TPSA) is 13.1 Å². The zero-order valence-electron chi connectivity index (χ0n) is 26.1. The minimum atomic E-state index is 0.972. The van der Waals surface area contributed by atoms with Crippen molar-refractivity contribution in [3.8, 4) is 33.4 Å². The van der Waals surface area contributed by atoms with E-state index < -0.39 is 0 Å². The van der Waals surface area contributed by atoms with Gasteiger partial charge in [-0.1, -0.05) is 127 Å². The Labute approximate surface area is 273 Å². The van der Waals surface area contributed by atoms with Gasteiger partial charge in [-0.25, -0.2) is 0 Å². The Bertz CT molecular complexity index is 2610. The summed E-state index contributed by atoms with van der Waals surface area (Å²) in [6.07, 6.45) is 4.78. The van der Waals surface area contributed by atoms with Crippen molar-refractivity contribution in [1.29, 1.82) is 0 Å². The van der Waals surface area contributed by atoms with Gasteiger partial charge in [-0.05, 0) is 121 Å². The molecule has 0 amide bonds. The maximum atomic E-state index is 6.56. The van der Waals surface area contributed by atoms with Gasteiger partial charge in [0.1, 0.15) is 11.2 Å². The molecule has 0 fully saturated rings. The lowest BCUT2D eigenvalue weighted by Gasteiger charge is -2.18. The Kier molecular flexibility index (Phi) is 5.90. The van der Waals surface area contributed by atoms with Gasteiger partial charge in [-0.15, -0.1) is 0 Å². The summed E-state index contributed by atoms with van der Waals surface area (Å²) in [5.74, 6) is 0. The van der Waals surface area contributed by atoms with Crippen LogP contribution < -0.4 is 0 Å². The van der Waals surface area contributed by atoms with Crippen molar-refractivity contribution in [1.82, 2.24) is 0 Å². The van der Waals surface area contributed by atoms with Crippen LogP contribution in [0.5, 0.6) is 0 Å². The van der Waals surface area contributed by atoms with E-state index in [1.54, 1.807) is 0 Å². The molecule has 9 aromatic rings. The molecule has 0 unspecified atom stereocenters. The first-order valence-electron chi connectivity index (χ1n) is 16.8. The third-order valence-electron chi connectivity index (χ3n) is 10.4. The normalized spacial score (nSPS) is 13.2. The maximum Gasteiger partial charge on any atom is 0.138 e. The molecule has 10 rings (SSSR count). The predicted molar refractivity (Wildman–Crippen MR) is 199 cm³/mol. The molecule has 1 heterocycles. The zero-order chi connectivity index (χ0) is 30.9. The molecular formula is C46H32O. The van der Waals surface area contributed by atoms with Crippen molar-refractivity contribution >= 4 is 54.3 Å². The first-order valence-corrected chi connectivity index (χ1v) is 16.8. The van der Waals surface area contributed by atoms with Crippen LogP contribution in [0.3, 0.4) is 0 Å². The minimum absolute atomic E-state index is 0.972. The van der Waals surface area contributed by atoms with Gasteiger partial charge < -0.3 is 4.42 Å². The van der Waals surface area contributed by atoms with Crippen molar-refractivity contribution in [3.05, 3.63) is 157 Å². The quantitative estimate of drug-likeness (QED) is 0.184. The summed E-state index contributed by atoms with van der Waals surface area (Å²) in [6.45, 7) is 0. The average Bonchev–Trinajstić information content (AvgIpc) is 3.52. The summed E-state index contributed by atoms with van der Waals surface area (Å²) in [5.41, 5.74) is 12.4. The van der Waals surface area contributed by atoms with E-state index in [1.807, 2.05) is 0 Å². The number of benzene rings is 8. The van der Waals surface area contributed by atoms with Gasteiger partial charge >= 0.3 is 0 Å². The lowest BCUT2D eigenvalue weighted by molar-refractivity contribution is 0.637. The molecule has 47 heavy (non-hydrogen) atoms. The van der Waals surface area contributed by atoms with E-state index in [4.69, 9.17) is 4.42 Å². The molecule has 0 aliphatic heterocycles. The average molecular weight is 601 g/mol. The summed E-state index contributed by atoms with van der Waals surface area (Å²) in [5, 5.41) is 10.0. The largest absolute Gasteiger partial charge is 0.456 e. The van der Waals surface area contributed by atoms with Crippen molar-refractivity contribution in [2.45, 2.75) is 25.7 Å². The fourth-order valence-electron chi connectivity index (χ4n) is 8.17. The highest BCUT2D eigenvalue weighted by molar-refractivity contribution is 6.22. The van der Waals surface area contributed by atoms with Gasteiger partial charge in [-0.3, -0.25) is 0 Å². The summed E-state index contributed by atoms with van der Waals surface area (Å²) < 4.78 is 6.56. The Balaban J connectivity index is 1.16. The van der Waals surface area contributed by atoms with E-state index in [-0.39, 0.29) is 0 Å². The first kappa shape index (κ1) is 26.5. The van der Waals surface area contributed by atoms with Crippen LogP contribution in [0.1, 0.15) is 24.0 Å². The van der Waals surface area contributed by atoms with Crippen LogP contribution in [-0.2, 0) is 12.8 Å². The maximum absolute atomic E-state index is 6.56. The second kappa shape index (κ2) is 10.4. The SMILES string of the molecule is c1ccc2cc(-c3ccc(-c4c5ccccc5c(-c5ccc6oc7c8c(ccc7c6c5)CCCC8)c5ccccc45)cc3)ccc2c1. The number of hydrogen-bond donors (Lipinski definition) is 0. The first-order chi connectivity index (χ1) is 23.3. The highest BCUT2D eigenvalue weighted by Gasteiger charge is 2.20. The molecule has 0 saturated carbocycles. The monoisotopic (exact) mass is 600 g/mol. The van der Waals surface area contributed by atoms with Gasteiger partial charge in [-0.2, -0.15) is 0 Å². The van der Waals surface area contributed by atoms with Crippen LogP contribution in [0.4, 0.5) is 0 Å². The fraction of sp³-hybridized carbons (Fsp3) is 0.0870. The van der Waals surface area contributed by atoms with Gasteiger partial charge in [0.25, 0.3) is 0 Å². The van der Waals surface area contributed by atoms with Crippen LogP contribution in [0.15, 0.2) is 150 Å². The smallest absolute Gasteiger partial charge is 0.138 e. The number of furan rings is 1. The molecule has 1 heteroatoms. The molecule has 222 valence electrons. The van der Waals surface area contributed by atoms with E-state index in [0.717, 1.165) is 24.0 Å². The minimum Gasteiger partial charge on any atom is -0.456 e. The van der Waals surface area contributed by atoms with Crippen LogP contribution >= 0.6 is 0 Å². The molecule has 1 aliphatic rings. The molecule has 0 N–H and O–H groups in total. The Morgan fingerprint density at radius 2 is 0.979 bits per heavy atom. The van der Waals surface area contributed by atoms with Gasteiger partial charge in [0, 0.05) is 10.8 Å². The van der Waals surface area contributed by atoms with E-state index in [1.165, 1.54) is 100 Å². The second-order valence-electron chi connectivity index (χ2n) is 13.1. The summed E-state index contributed by atoms with van der Waals surface area (Å²) in [4.78, 5) is 0. The van der Waals surface area contributed by atoms with E-state index in [9.17, 15) is 0 Å². The molecule has 0 saturated heterocycles. The highest BCUT2D eigenvalue weighted by atomic mass is 16.3. The van der Waals surface area contributed by atoms with Crippen molar-refractivity contribution < 1.29 is 4.42 Å². The number of fused-ring (bicyclic) bond motifs is 8. The molecule has 1 aromatic heterocycles. The van der Waals surface area contributed by atoms with Crippen LogP contribution in [0, 0.1) is 0 Å². The lowest BCUT2D eigenvalue weighted by Crippen LogP contribution is -2.02.